The highest BCUT2D eigenvalue weighted by atomic mass is 32.1. The van der Waals surface area contributed by atoms with Crippen molar-refractivity contribution in [2.24, 2.45) is 0 Å². The molecular formula is C27H33N3O3S. The van der Waals surface area contributed by atoms with Gasteiger partial charge in [0.05, 0.1) is 25.5 Å². The first-order valence-corrected chi connectivity index (χ1v) is 12.7. The van der Waals surface area contributed by atoms with Crippen LogP contribution in [0.3, 0.4) is 0 Å². The number of morpholine rings is 1. The molecule has 0 N–H and O–H groups in total. The van der Waals surface area contributed by atoms with E-state index in [1.807, 2.05) is 53.6 Å². The number of thiazole rings is 1. The molecule has 0 aliphatic carbocycles. The molecule has 7 heteroatoms. The summed E-state index contributed by atoms with van der Waals surface area (Å²) >= 11 is 1.58. The minimum absolute atomic E-state index is 0.0487. The Morgan fingerprint density at radius 3 is 2.65 bits per heavy atom. The molecule has 1 amide bonds. The lowest BCUT2D eigenvalue weighted by molar-refractivity contribution is 0.0319. The smallest absolute Gasteiger partial charge is 0.254 e. The fourth-order valence-corrected chi connectivity index (χ4v) is 4.72. The predicted molar refractivity (Wildman–Crippen MR) is 136 cm³/mol. The summed E-state index contributed by atoms with van der Waals surface area (Å²) in [6, 6.07) is 13.9. The third-order valence-electron chi connectivity index (χ3n) is 6.31. The van der Waals surface area contributed by atoms with Gasteiger partial charge in [0.15, 0.2) is 0 Å². The Hall–Kier alpha value is -2.74. The summed E-state index contributed by atoms with van der Waals surface area (Å²) in [6.45, 7) is 11.8. The van der Waals surface area contributed by atoms with Crippen LogP contribution in [0.2, 0.25) is 0 Å². The fourth-order valence-electron chi connectivity index (χ4n) is 4.03. The van der Waals surface area contributed by atoms with Crippen molar-refractivity contribution in [3.8, 4) is 5.75 Å². The van der Waals surface area contributed by atoms with E-state index in [1.165, 1.54) is 5.56 Å². The number of ether oxygens (including phenoxy) is 2. The largest absolute Gasteiger partial charge is 0.486 e. The van der Waals surface area contributed by atoms with Crippen molar-refractivity contribution < 1.29 is 14.3 Å². The van der Waals surface area contributed by atoms with Crippen LogP contribution in [-0.4, -0.2) is 60.1 Å². The van der Waals surface area contributed by atoms with Gasteiger partial charge in [-0.3, -0.25) is 9.69 Å². The van der Waals surface area contributed by atoms with Gasteiger partial charge in [-0.25, -0.2) is 4.98 Å². The number of hydrogen-bond acceptors (Lipinski definition) is 6. The number of amides is 1. The lowest BCUT2D eigenvalue weighted by atomic mass is 10.1. The predicted octanol–water partition coefficient (Wildman–Crippen LogP) is 4.62. The first kappa shape index (κ1) is 24.4. The van der Waals surface area contributed by atoms with Crippen molar-refractivity contribution in [3.63, 3.8) is 0 Å². The number of carbonyl (C=O) groups excluding carboxylic acids is 1. The number of hydrogen-bond donors (Lipinski definition) is 0. The molecule has 1 saturated heterocycles. The number of aromatic nitrogens is 1. The van der Waals surface area contributed by atoms with E-state index in [2.05, 4.69) is 24.8 Å². The molecule has 2 aromatic carbocycles. The lowest BCUT2D eigenvalue weighted by Crippen LogP contribution is -2.43. The van der Waals surface area contributed by atoms with Gasteiger partial charge in [0.2, 0.25) is 0 Å². The van der Waals surface area contributed by atoms with Gasteiger partial charge in [-0.1, -0.05) is 30.3 Å². The van der Waals surface area contributed by atoms with E-state index in [0.717, 1.165) is 66.0 Å². The van der Waals surface area contributed by atoms with Gasteiger partial charge in [0.25, 0.3) is 5.91 Å². The maximum atomic E-state index is 13.5. The highest BCUT2D eigenvalue weighted by molar-refractivity contribution is 7.09. The second-order valence-electron chi connectivity index (χ2n) is 8.71. The summed E-state index contributed by atoms with van der Waals surface area (Å²) in [6.07, 6.45) is 0. The van der Waals surface area contributed by atoms with Crippen molar-refractivity contribution in [1.82, 2.24) is 14.8 Å². The molecular weight excluding hydrogens is 446 g/mol. The molecule has 1 aliphatic heterocycles. The molecule has 0 bridgehead atoms. The Balaban J connectivity index is 1.44. The summed E-state index contributed by atoms with van der Waals surface area (Å²) < 4.78 is 11.5. The van der Waals surface area contributed by atoms with Gasteiger partial charge in [0, 0.05) is 37.1 Å². The molecule has 3 aromatic rings. The van der Waals surface area contributed by atoms with Gasteiger partial charge < -0.3 is 14.4 Å². The average molecular weight is 480 g/mol. The standard InChI is InChI=1S/C27H33N3O3S/c1-20-8-6-10-25(22(20)3)33-18-26-28-23(19-34-26)17-30(12-11-29-13-15-32-16-14-29)27(31)24-9-5-4-7-21(24)2/h4-10,19H,11-18H2,1-3H3. The SMILES string of the molecule is Cc1ccccc1C(=O)N(CCN1CCOCC1)Cc1csc(COc2cccc(C)c2C)n1. The van der Waals surface area contributed by atoms with Crippen LogP contribution in [0.5, 0.6) is 5.75 Å². The molecule has 0 atom stereocenters. The summed E-state index contributed by atoms with van der Waals surface area (Å²) in [5.41, 5.74) is 5.00. The molecule has 2 heterocycles. The van der Waals surface area contributed by atoms with Crippen molar-refractivity contribution in [1.29, 1.82) is 0 Å². The van der Waals surface area contributed by atoms with Gasteiger partial charge >= 0.3 is 0 Å². The Morgan fingerprint density at radius 1 is 1.09 bits per heavy atom. The Bertz CT molecular complexity index is 1110. The fraction of sp³-hybridized carbons (Fsp3) is 0.407. The molecule has 34 heavy (non-hydrogen) atoms. The van der Waals surface area contributed by atoms with Crippen LogP contribution in [0.15, 0.2) is 47.8 Å². The number of aryl methyl sites for hydroxylation is 2. The van der Waals surface area contributed by atoms with Gasteiger partial charge in [-0.05, 0) is 49.6 Å². The second-order valence-corrected chi connectivity index (χ2v) is 9.66. The molecule has 1 fully saturated rings. The monoisotopic (exact) mass is 479 g/mol. The van der Waals surface area contributed by atoms with Gasteiger partial charge in [-0.2, -0.15) is 0 Å². The quantitative estimate of drug-likeness (QED) is 0.448. The van der Waals surface area contributed by atoms with Crippen molar-refractivity contribution in [2.45, 2.75) is 33.9 Å². The molecule has 4 rings (SSSR count). The van der Waals surface area contributed by atoms with Crippen LogP contribution in [0.25, 0.3) is 0 Å². The van der Waals surface area contributed by atoms with Crippen molar-refractivity contribution in [3.05, 3.63) is 80.8 Å². The third-order valence-corrected chi connectivity index (χ3v) is 7.18. The molecule has 0 radical (unpaired) electrons. The van der Waals surface area contributed by atoms with Crippen molar-refractivity contribution in [2.75, 3.05) is 39.4 Å². The summed E-state index contributed by atoms with van der Waals surface area (Å²) in [5, 5.41) is 2.95. The van der Waals surface area contributed by atoms with E-state index in [0.29, 0.717) is 19.7 Å². The minimum Gasteiger partial charge on any atom is -0.486 e. The van der Waals surface area contributed by atoms with E-state index in [4.69, 9.17) is 14.5 Å². The van der Waals surface area contributed by atoms with Crippen LogP contribution in [0, 0.1) is 20.8 Å². The zero-order valence-corrected chi connectivity index (χ0v) is 21.1. The molecule has 0 saturated carbocycles. The Morgan fingerprint density at radius 2 is 1.85 bits per heavy atom. The maximum Gasteiger partial charge on any atom is 0.254 e. The van der Waals surface area contributed by atoms with E-state index in [-0.39, 0.29) is 5.91 Å². The first-order chi connectivity index (χ1) is 16.5. The van der Waals surface area contributed by atoms with Gasteiger partial charge in [0.1, 0.15) is 17.4 Å². The average Bonchev–Trinajstić information content (AvgIpc) is 3.30. The molecule has 1 aromatic heterocycles. The highest BCUT2D eigenvalue weighted by Crippen LogP contribution is 2.23. The summed E-state index contributed by atoms with van der Waals surface area (Å²) in [4.78, 5) is 22.5. The first-order valence-electron chi connectivity index (χ1n) is 11.8. The molecule has 1 aliphatic rings. The van der Waals surface area contributed by atoms with Crippen LogP contribution in [0.4, 0.5) is 0 Å². The summed E-state index contributed by atoms with van der Waals surface area (Å²) in [7, 11) is 0. The molecule has 0 unspecified atom stereocenters. The number of carbonyl (C=O) groups is 1. The summed E-state index contributed by atoms with van der Waals surface area (Å²) in [5.74, 6) is 0.936. The minimum atomic E-state index is 0.0487. The van der Waals surface area contributed by atoms with Crippen LogP contribution < -0.4 is 4.74 Å². The number of rotatable bonds is 9. The van der Waals surface area contributed by atoms with E-state index in [9.17, 15) is 4.79 Å². The Labute approximate surface area is 206 Å². The van der Waals surface area contributed by atoms with Crippen LogP contribution in [-0.2, 0) is 17.9 Å². The highest BCUT2D eigenvalue weighted by Gasteiger charge is 2.21. The van der Waals surface area contributed by atoms with E-state index >= 15 is 0 Å². The number of nitrogens with zero attached hydrogens (tertiary/aromatic N) is 3. The zero-order valence-electron chi connectivity index (χ0n) is 20.3. The maximum absolute atomic E-state index is 13.5. The van der Waals surface area contributed by atoms with Gasteiger partial charge in [-0.15, -0.1) is 11.3 Å². The van der Waals surface area contributed by atoms with Crippen molar-refractivity contribution >= 4 is 17.2 Å². The zero-order chi connectivity index (χ0) is 23.9. The van der Waals surface area contributed by atoms with E-state index < -0.39 is 0 Å². The Kier molecular flexibility index (Phi) is 8.32. The molecule has 180 valence electrons. The van der Waals surface area contributed by atoms with Crippen LogP contribution >= 0.6 is 11.3 Å². The topological polar surface area (TPSA) is 54.9 Å². The lowest BCUT2D eigenvalue weighted by Gasteiger charge is -2.30. The molecule has 0 spiro atoms. The van der Waals surface area contributed by atoms with E-state index in [1.54, 1.807) is 11.3 Å². The van der Waals surface area contributed by atoms with Crippen LogP contribution in [0.1, 0.15) is 37.7 Å². The number of benzene rings is 2. The second kappa shape index (κ2) is 11.6. The third kappa shape index (κ3) is 6.23. The molecule has 6 nitrogen and oxygen atoms in total. The normalized spacial score (nSPS) is 14.2.